The molecule has 41 heteroatoms. The highest BCUT2D eigenvalue weighted by Gasteiger charge is 2.48. The molecule has 440 valence electrons. The molecule has 6 aromatic heterocycles. The number of imidazole rings is 2. The molecule has 0 aliphatic carbocycles. The van der Waals surface area contributed by atoms with Crippen LogP contribution in [0.25, 0.3) is 22.3 Å². The Hall–Kier alpha value is -6.25. The summed E-state index contributed by atoms with van der Waals surface area (Å²) < 4.78 is 102. The topological polar surface area (TPSA) is 534 Å². The number of rotatable bonds is 20. The number of aromatic amines is 4. The summed E-state index contributed by atoms with van der Waals surface area (Å²) in [6.45, 7) is -0.708. The fourth-order valence-corrected chi connectivity index (χ4v) is 12.3. The number of fused-ring (bicyclic) bond motifs is 2. The standard InChI is InChI=1S/C40H51N14O24P3/c1-15-7-51(39(61)49-33(15)57)26-4-18(21(9-55)72-26)76-80(65,66)70-11-23-19(5-27(74-23)52-8-16(2)34(58)50-40(52)62)77-81(67,68)71-12-24-20(6-28(75-24)54-14-44-30-32(54)46-38(42)48-36(30)60)78-79(63,64)69-10-22-17(56)3-25(73-22)53-13-43-29-31(53)45-37(41)47-35(29)59/h7-8,13-14,17-28,55-56H,3-6,9-12H2,1-2H3,(H,63,64)(H,65,66)(H,67,68)(H,49,57,61)(H,50,58,62)(H3,41,45,47,59)(H3,42,46,48,60)/t17-,18-,19-,20-,21+,22+,23+,24+,25+,26+,27+,28+/m0/s1. The Morgan fingerprint density at radius 1 is 0.556 bits per heavy atom. The lowest BCUT2D eigenvalue weighted by Gasteiger charge is -2.25. The minimum Gasteiger partial charge on any atom is -0.394 e. The van der Waals surface area contributed by atoms with Crippen LogP contribution < -0.4 is 45.1 Å². The molecule has 4 aliphatic heterocycles. The number of phosphoric acid groups is 3. The molecule has 4 aliphatic rings. The van der Waals surface area contributed by atoms with Crippen LogP contribution in [0, 0.1) is 13.8 Å². The maximum Gasteiger partial charge on any atom is 0.472 e. The molecular weight excluding hydrogens is 1150 g/mol. The number of hydrogen-bond acceptors (Lipinski definition) is 27. The Bertz CT molecular complexity index is 3900. The summed E-state index contributed by atoms with van der Waals surface area (Å²) in [5, 5.41) is 20.9. The van der Waals surface area contributed by atoms with Crippen LogP contribution in [0.15, 0.2) is 53.8 Å². The van der Waals surface area contributed by atoms with Crippen molar-refractivity contribution in [1.29, 1.82) is 0 Å². The number of nitrogens with two attached hydrogens (primary N) is 2. The normalized spacial score (nSPS) is 29.1. The Labute approximate surface area is 449 Å². The largest absolute Gasteiger partial charge is 0.472 e. The third-order valence-corrected chi connectivity index (χ3v) is 16.4. The first-order valence-corrected chi connectivity index (χ1v) is 28.7. The zero-order chi connectivity index (χ0) is 58.0. The average molecular weight is 1200 g/mol. The predicted molar refractivity (Wildman–Crippen MR) is 266 cm³/mol. The molecule has 4 saturated heterocycles. The van der Waals surface area contributed by atoms with Gasteiger partial charge in [0, 0.05) is 49.2 Å². The van der Waals surface area contributed by atoms with Crippen molar-refractivity contribution in [1.82, 2.24) is 58.1 Å². The molecule has 81 heavy (non-hydrogen) atoms. The number of nitrogens with zero attached hydrogens (tertiary/aromatic N) is 8. The molecule has 0 amide bonds. The molecule has 0 bridgehead atoms. The summed E-state index contributed by atoms with van der Waals surface area (Å²) in [6, 6.07) is 0. The van der Waals surface area contributed by atoms with Crippen molar-refractivity contribution in [2.75, 3.05) is 37.9 Å². The van der Waals surface area contributed by atoms with E-state index in [4.69, 9.17) is 57.6 Å². The first-order chi connectivity index (χ1) is 38.2. The first-order valence-electron chi connectivity index (χ1n) is 24.2. The lowest BCUT2D eigenvalue weighted by atomic mass is 10.2. The van der Waals surface area contributed by atoms with Gasteiger partial charge in [-0.15, -0.1) is 0 Å². The zero-order valence-electron chi connectivity index (χ0n) is 42.0. The molecule has 15 atom stereocenters. The maximum absolute atomic E-state index is 14.0. The molecule has 0 radical (unpaired) electrons. The van der Waals surface area contributed by atoms with E-state index in [9.17, 15) is 67.4 Å². The molecule has 0 saturated carbocycles. The number of aliphatic hydroxyl groups is 2. The van der Waals surface area contributed by atoms with Gasteiger partial charge >= 0.3 is 34.8 Å². The molecule has 6 aromatic rings. The smallest absolute Gasteiger partial charge is 0.394 e. The van der Waals surface area contributed by atoms with Crippen LogP contribution in [0.4, 0.5) is 11.9 Å². The van der Waals surface area contributed by atoms with Crippen LogP contribution in [-0.2, 0) is 59.8 Å². The van der Waals surface area contributed by atoms with Crippen LogP contribution in [0.2, 0.25) is 0 Å². The Morgan fingerprint density at radius 2 is 0.914 bits per heavy atom. The third kappa shape index (κ3) is 12.4. The number of hydrogen-bond donors (Lipinski definition) is 11. The van der Waals surface area contributed by atoms with E-state index in [1.165, 1.54) is 35.5 Å². The quantitative estimate of drug-likeness (QED) is 0.0343. The lowest BCUT2D eigenvalue weighted by Crippen LogP contribution is -2.33. The van der Waals surface area contributed by atoms with Crippen molar-refractivity contribution in [3.05, 3.63) is 98.6 Å². The maximum atomic E-state index is 14.0. The molecule has 0 aromatic carbocycles. The third-order valence-electron chi connectivity index (χ3n) is 13.4. The van der Waals surface area contributed by atoms with E-state index < -0.39 is 170 Å². The number of nitrogens with one attached hydrogen (secondary N) is 4. The predicted octanol–water partition coefficient (Wildman–Crippen LogP) is -2.86. The number of aliphatic hydroxyl groups excluding tert-OH is 2. The van der Waals surface area contributed by atoms with Gasteiger partial charge in [-0.2, -0.15) is 9.97 Å². The van der Waals surface area contributed by atoms with Crippen LogP contribution >= 0.6 is 23.5 Å². The molecule has 10 rings (SSSR count). The summed E-state index contributed by atoms with van der Waals surface area (Å²) in [5.74, 6) is -0.540. The zero-order valence-corrected chi connectivity index (χ0v) is 44.6. The van der Waals surface area contributed by atoms with Gasteiger partial charge in [-0.25, -0.2) is 33.3 Å². The highest BCUT2D eigenvalue weighted by Crippen LogP contribution is 2.53. The number of nitrogen functional groups attached to an aromatic ring is 2. The highest BCUT2D eigenvalue weighted by atomic mass is 31.2. The summed E-state index contributed by atoms with van der Waals surface area (Å²) in [6.07, 6.45) is -13.3. The summed E-state index contributed by atoms with van der Waals surface area (Å²) in [5.41, 5.74) is 6.65. The van der Waals surface area contributed by atoms with Gasteiger partial charge in [0.15, 0.2) is 22.3 Å². The molecule has 4 fully saturated rings. The SMILES string of the molecule is Cc1cn([C@H]2C[C@H](OP(=O)(O)OC[C@H]3O[C@@H](n4cc(C)c(=O)[nH]c4=O)C[C@@H]3OP(=O)(O)OC[C@H]3O[C@@H](n4cnc5c(=O)[nH]c(N)nc54)C[C@@H]3OP(=O)(O)OC[C@H]3O[C@@H](n4cnc5c(=O)[nH]c(N)nc54)C[C@@H]3O)[C@@H](CO)O2)c(=O)[nH]c1=O. The van der Waals surface area contributed by atoms with Crippen molar-refractivity contribution in [2.24, 2.45) is 0 Å². The van der Waals surface area contributed by atoms with Crippen LogP contribution in [0.3, 0.4) is 0 Å². The van der Waals surface area contributed by atoms with Crippen LogP contribution in [0.5, 0.6) is 0 Å². The second-order valence-corrected chi connectivity index (χ2v) is 23.2. The Balaban J connectivity index is 0.837. The van der Waals surface area contributed by atoms with Gasteiger partial charge in [-0.1, -0.05) is 0 Å². The summed E-state index contributed by atoms with van der Waals surface area (Å²) in [7, 11) is -15.9. The van der Waals surface area contributed by atoms with E-state index >= 15 is 0 Å². The lowest BCUT2D eigenvalue weighted by molar-refractivity contribution is -0.0630. The fourth-order valence-electron chi connectivity index (χ4n) is 9.46. The molecule has 13 N–H and O–H groups in total. The Morgan fingerprint density at radius 3 is 1.33 bits per heavy atom. The minimum absolute atomic E-state index is 0.0267. The van der Waals surface area contributed by atoms with E-state index in [-0.39, 0.29) is 58.2 Å². The van der Waals surface area contributed by atoms with Crippen LogP contribution in [-0.4, -0.2) is 158 Å². The van der Waals surface area contributed by atoms with E-state index in [0.29, 0.717) is 0 Å². The minimum atomic E-state index is -5.43. The number of anilines is 2. The van der Waals surface area contributed by atoms with Gasteiger partial charge in [-0.05, 0) is 13.8 Å². The molecule has 38 nitrogen and oxygen atoms in total. The van der Waals surface area contributed by atoms with Crippen molar-refractivity contribution >= 4 is 57.7 Å². The number of aromatic nitrogens is 12. The van der Waals surface area contributed by atoms with Gasteiger partial charge in [-0.3, -0.25) is 84.5 Å². The molecule has 3 unspecified atom stereocenters. The fraction of sp³-hybridized carbons (Fsp3) is 0.550. The monoisotopic (exact) mass is 1200 g/mol. The van der Waals surface area contributed by atoms with E-state index in [2.05, 4.69) is 39.9 Å². The molecule has 0 spiro atoms. The van der Waals surface area contributed by atoms with Crippen molar-refractivity contribution in [2.45, 2.75) is 113 Å². The van der Waals surface area contributed by atoms with Gasteiger partial charge < -0.3 is 55.3 Å². The Kier molecular flexibility index (Phi) is 16.1. The van der Waals surface area contributed by atoms with Gasteiger partial charge in [0.05, 0.1) is 45.2 Å². The number of H-pyrrole nitrogens is 4. The van der Waals surface area contributed by atoms with Crippen LogP contribution in [0.1, 0.15) is 61.7 Å². The summed E-state index contributed by atoms with van der Waals surface area (Å²) >= 11 is 0. The summed E-state index contributed by atoms with van der Waals surface area (Å²) in [4.78, 5) is 133. The second kappa shape index (κ2) is 22.5. The molecule has 10 heterocycles. The molecular formula is C40H51N14O24P3. The van der Waals surface area contributed by atoms with Gasteiger partial charge in [0.2, 0.25) is 11.9 Å². The highest BCUT2D eigenvalue weighted by molar-refractivity contribution is 7.48. The van der Waals surface area contributed by atoms with Gasteiger partial charge in [0.1, 0.15) is 67.6 Å². The van der Waals surface area contributed by atoms with E-state index in [1.807, 2.05) is 0 Å². The van der Waals surface area contributed by atoms with E-state index in [0.717, 1.165) is 21.7 Å². The second-order valence-electron chi connectivity index (χ2n) is 18.9. The van der Waals surface area contributed by atoms with Gasteiger partial charge in [0.25, 0.3) is 22.2 Å². The van der Waals surface area contributed by atoms with E-state index in [1.54, 1.807) is 0 Å². The number of aryl methyl sites for hydroxylation is 2. The van der Waals surface area contributed by atoms with Crippen molar-refractivity contribution in [3.63, 3.8) is 0 Å². The number of phosphoric ester groups is 3. The van der Waals surface area contributed by atoms with Crippen molar-refractivity contribution in [3.8, 4) is 0 Å². The first kappa shape index (κ1) is 58.0. The average Bonchev–Trinajstić information content (AvgIpc) is 4.48. The van der Waals surface area contributed by atoms with Crippen molar-refractivity contribution < 1.29 is 84.7 Å². The number of ether oxygens (including phenoxy) is 4.